The molecule has 7 heteroatoms. The van der Waals surface area contributed by atoms with E-state index in [1.54, 1.807) is 0 Å². The molecule has 2 saturated heterocycles. The zero-order valence-electron chi connectivity index (χ0n) is 22.8. The third-order valence-electron chi connectivity index (χ3n) is 7.17. The number of fused-ring (bicyclic) bond motifs is 1. The Bertz CT molecular complexity index is 966. The van der Waals surface area contributed by atoms with E-state index in [1.165, 1.54) is 10.4 Å². The van der Waals surface area contributed by atoms with Gasteiger partial charge in [0.15, 0.2) is 12.1 Å². The first-order valence-corrected chi connectivity index (χ1v) is 15.2. The van der Waals surface area contributed by atoms with Crippen molar-refractivity contribution in [3.05, 3.63) is 73.3 Å². The van der Waals surface area contributed by atoms with E-state index in [4.69, 9.17) is 23.4 Å². The number of hydrogen-bond donors (Lipinski definition) is 1. The van der Waals surface area contributed by atoms with E-state index in [0.717, 1.165) is 12.8 Å². The van der Waals surface area contributed by atoms with E-state index in [0.29, 0.717) is 6.61 Å². The first kappa shape index (κ1) is 28.2. The van der Waals surface area contributed by atoms with Crippen LogP contribution in [-0.4, -0.2) is 63.1 Å². The summed E-state index contributed by atoms with van der Waals surface area (Å²) in [6, 6.07) is 21.0. The summed E-state index contributed by atoms with van der Waals surface area (Å²) in [5.74, 6) is -0.840. The maximum atomic E-state index is 11.1. The molecule has 1 unspecified atom stereocenters. The Morgan fingerprint density at radius 3 is 2.08 bits per heavy atom. The van der Waals surface area contributed by atoms with Crippen molar-refractivity contribution in [1.29, 1.82) is 0 Å². The van der Waals surface area contributed by atoms with Crippen molar-refractivity contribution in [2.24, 2.45) is 0 Å². The van der Waals surface area contributed by atoms with Crippen LogP contribution in [0.5, 0.6) is 0 Å². The van der Waals surface area contributed by atoms with Gasteiger partial charge in [0.05, 0.1) is 13.2 Å². The molecule has 202 valence electrons. The highest BCUT2D eigenvalue weighted by molar-refractivity contribution is 6.99. The monoisotopic (exact) mass is 526 g/mol. The molecule has 0 bridgehead atoms. The van der Waals surface area contributed by atoms with Gasteiger partial charge in [0.25, 0.3) is 8.32 Å². The van der Waals surface area contributed by atoms with E-state index in [2.05, 4.69) is 75.9 Å². The number of aliphatic hydroxyl groups is 1. The second kappa shape index (κ2) is 11.5. The topological polar surface area (TPSA) is 66.4 Å². The largest absolute Gasteiger partial charge is 0.405 e. The van der Waals surface area contributed by atoms with Crippen molar-refractivity contribution in [2.75, 3.05) is 13.2 Å². The molecule has 0 aromatic heterocycles. The van der Waals surface area contributed by atoms with Crippen molar-refractivity contribution in [3.8, 4) is 0 Å². The molecule has 0 spiro atoms. The molecule has 6 nitrogen and oxygen atoms in total. The van der Waals surface area contributed by atoms with Gasteiger partial charge in [-0.3, -0.25) is 0 Å². The summed E-state index contributed by atoms with van der Waals surface area (Å²) in [6.45, 7) is 15.0. The highest BCUT2D eigenvalue weighted by Gasteiger charge is 2.57. The normalized spacial score (nSPS) is 27.6. The lowest BCUT2D eigenvalue weighted by atomic mass is 9.99. The molecule has 2 aromatic rings. The minimum Gasteiger partial charge on any atom is -0.405 e. The average Bonchev–Trinajstić information content (AvgIpc) is 3.20. The van der Waals surface area contributed by atoms with Crippen LogP contribution in [0.2, 0.25) is 5.04 Å². The molecule has 0 aliphatic carbocycles. The molecule has 0 amide bonds. The highest BCUT2D eigenvalue weighted by Crippen LogP contribution is 2.40. The Morgan fingerprint density at radius 1 is 0.973 bits per heavy atom. The quantitative estimate of drug-likeness (QED) is 0.285. The Hall–Kier alpha value is -1.84. The third kappa shape index (κ3) is 5.93. The second-order valence-electron chi connectivity index (χ2n) is 11.4. The number of rotatable bonds is 10. The van der Waals surface area contributed by atoms with Crippen molar-refractivity contribution < 1.29 is 28.5 Å². The molecular weight excluding hydrogens is 484 g/mol. The van der Waals surface area contributed by atoms with Crippen molar-refractivity contribution in [2.45, 2.75) is 89.0 Å². The summed E-state index contributed by atoms with van der Waals surface area (Å²) in [4.78, 5) is 0. The maximum absolute atomic E-state index is 11.1. The standard InChI is InChI=1S/C30H42O6Si/c1-7-8-15-20-32-28-25(31)27-26(35-30(5,6)36-27)24(34-28)21-33-37(29(2,3)4,22-16-11-9-12-17-22)23-18-13-10-14-19-23/h7,9-14,16-19,24-28,31H,1,8,15,20-21H2,2-6H3/t24?,25-,26+,27-,28-/m1/s1. The number of unbranched alkanes of at least 4 members (excludes halogenated alkanes) is 1. The Labute approximate surface area is 222 Å². The predicted octanol–water partition coefficient (Wildman–Crippen LogP) is 4.15. The Kier molecular flexibility index (Phi) is 8.75. The van der Waals surface area contributed by atoms with Gasteiger partial charge in [0.1, 0.15) is 24.4 Å². The predicted molar refractivity (Wildman–Crippen MR) is 147 cm³/mol. The number of benzene rings is 2. The van der Waals surface area contributed by atoms with Gasteiger partial charge in [-0.1, -0.05) is 87.5 Å². The van der Waals surface area contributed by atoms with Crippen LogP contribution in [-0.2, 0) is 23.4 Å². The van der Waals surface area contributed by atoms with Gasteiger partial charge in [0, 0.05) is 0 Å². The molecule has 0 radical (unpaired) electrons. The van der Waals surface area contributed by atoms with Crippen LogP contribution in [0.1, 0.15) is 47.5 Å². The fourth-order valence-corrected chi connectivity index (χ4v) is 10.1. The minimum atomic E-state index is -2.78. The molecule has 0 saturated carbocycles. The van der Waals surface area contributed by atoms with E-state index in [-0.39, 0.29) is 11.6 Å². The zero-order chi connectivity index (χ0) is 26.7. The summed E-state index contributed by atoms with van der Waals surface area (Å²) >= 11 is 0. The van der Waals surface area contributed by atoms with Gasteiger partial charge in [0.2, 0.25) is 0 Å². The van der Waals surface area contributed by atoms with E-state index in [1.807, 2.05) is 32.1 Å². The van der Waals surface area contributed by atoms with E-state index >= 15 is 0 Å². The molecule has 4 rings (SSSR count). The lowest BCUT2D eigenvalue weighted by molar-refractivity contribution is -0.281. The summed E-state index contributed by atoms with van der Waals surface area (Å²) in [7, 11) is -2.78. The molecule has 2 aromatic carbocycles. The maximum Gasteiger partial charge on any atom is 0.261 e. The molecule has 1 N–H and O–H groups in total. The van der Waals surface area contributed by atoms with Crippen LogP contribution in [0.3, 0.4) is 0 Å². The van der Waals surface area contributed by atoms with Crippen molar-refractivity contribution >= 4 is 18.7 Å². The van der Waals surface area contributed by atoms with Crippen molar-refractivity contribution in [3.63, 3.8) is 0 Å². The number of ether oxygens (including phenoxy) is 4. The molecule has 2 aliphatic rings. The van der Waals surface area contributed by atoms with Crippen LogP contribution in [0, 0.1) is 0 Å². The molecule has 37 heavy (non-hydrogen) atoms. The van der Waals surface area contributed by atoms with Gasteiger partial charge in [-0.2, -0.15) is 0 Å². The van der Waals surface area contributed by atoms with Gasteiger partial charge in [-0.25, -0.2) is 0 Å². The van der Waals surface area contributed by atoms with Gasteiger partial charge in [-0.05, 0) is 42.1 Å². The minimum absolute atomic E-state index is 0.170. The van der Waals surface area contributed by atoms with Crippen LogP contribution < -0.4 is 10.4 Å². The van der Waals surface area contributed by atoms with Gasteiger partial charge >= 0.3 is 0 Å². The van der Waals surface area contributed by atoms with Crippen molar-refractivity contribution in [1.82, 2.24) is 0 Å². The third-order valence-corrected chi connectivity index (χ3v) is 12.2. The Morgan fingerprint density at radius 2 is 1.54 bits per heavy atom. The molecule has 2 aliphatic heterocycles. The average molecular weight is 527 g/mol. The van der Waals surface area contributed by atoms with Crippen LogP contribution in [0.25, 0.3) is 0 Å². The summed E-state index contributed by atoms with van der Waals surface area (Å²) < 4.78 is 31.8. The molecule has 5 atom stereocenters. The van der Waals surface area contributed by atoms with Crippen LogP contribution in [0.4, 0.5) is 0 Å². The second-order valence-corrected chi connectivity index (χ2v) is 15.7. The fourth-order valence-electron chi connectivity index (χ4n) is 5.52. The molecular formula is C30H42O6Si. The highest BCUT2D eigenvalue weighted by atomic mass is 28.4. The lowest BCUT2D eigenvalue weighted by Crippen LogP contribution is -2.68. The number of allylic oxidation sites excluding steroid dienone is 1. The Balaban J connectivity index is 1.65. The van der Waals surface area contributed by atoms with Crippen LogP contribution >= 0.6 is 0 Å². The first-order valence-electron chi connectivity index (χ1n) is 13.3. The molecule has 2 heterocycles. The fraction of sp³-hybridized carbons (Fsp3) is 0.533. The first-order chi connectivity index (χ1) is 17.6. The van der Waals surface area contributed by atoms with E-state index < -0.39 is 44.8 Å². The lowest BCUT2D eigenvalue weighted by Gasteiger charge is -2.45. The summed E-state index contributed by atoms with van der Waals surface area (Å²) in [6.07, 6.45) is 0.196. The summed E-state index contributed by atoms with van der Waals surface area (Å²) in [5.41, 5.74) is 0. The zero-order valence-corrected chi connectivity index (χ0v) is 23.8. The molecule has 2 fully saturated rings. The van der Waals surface area contributed by atoms with Crippen LogP contribution in [0.15, 0.2) is 73.3 Å². The van der Waals surface area contributed by atoms with E-state index in [9.17, 15) is 5.11 Å². The van der Waals surface area contributed by atoms with Gasteiger partial charge < -0.3 is 28.5 Å². The van der Waals surface area contributed by atoms with Gasteiger partial charge in [-0.15, -0.1) is 6.58 Å². The number of hydrogen-bond acceptors (Lipinski definition) is 6. The summed E-state index contributed by atoms with van der Waals surface area (Å²) in [5, 5.41) is 13.3. The SMILES string of the molecule is C=CCCCO[C@@H]1OC(CO[Si](c2ccccc2)(c2ccccc2)C(C)(C)C)[C@@H]2OC(C)(C)O[C@@H]2[C@H]1O. The smallest absolute Gasteiger partial charge is 0.261 e. The number of aliphatic hydroxyl groups excluding tert-OH is 1.